The largest absolute Gasteiger partial charge is 0.477 e. The Morgan fingerprint density at radius 1 is 0.929 bits per heavy atom. The van der Waals surface area contributed by atoms with E-state index in [1.165, 1.54) is 24.3 Å². The monoisotopic (exact) mass is 382 g/mol. The van der Waals surface area contributed by atoms with Crippen molar-refractivity contribution in [3.8, 4) is 0 Å². The van der Waals surface area contributed by atoms with Crippen LogP contribution >= 0.6 is 0 Å². The molecule has 0 unspecified atom stereocenters. The zero-order chi connectivity index (χ0) is 20.7. The number of rotatable bonds is 4. The molecule has 0 fully saturated rings. The number of carbonyl (C=O) groups is 4. The number of nitrogens with zero attached hydrogens (tertiary/aromatic N) is 1. The molecule has 1 aliphatic rings. The first-order chi connectivity index (χ1) is 13.1. The number of imide groups is 1. The van der Waals surface area contributed by atoms with Gasteiger partial charge < -0.3 is 9.84 Å². The van der Waals surface area contributed by atoms with Gasteiger partial charge in [-0.2, -0.15) is 0 Å². The highest BCUT2D eigenvalue weighted by Crippen LogP contribution is 2.38. The Kier molecular flexibility index (Phi) is 4.64. The standard InChI is InChI=1S/C21H19NO6/c1-21(2,3)28-20(27)15-10-6-7-11-16(15)22(12-17(23)24)18(25)13-8-4-5-9-14(13)19(22)26/h4-11H,12H2,1-3H3/p+1. The van der Waals surface area contributed by atoms with Crippen molar-refractivity contribution in [1.29, 1.82) is 0 Å². The van der Waals surface area contributed by atoms with Crippen molar-refractivity contribution >= 4 is 29.4 Å². The number of ether oxygens (including phenoxy) is 1. The first kappa shape index (κ1) is 19.4. The first-order valence-electron chi connectivity index (χ1n) is 8.69. The fraction of sp³-hybridized carbons (Fsp3) is 0.238. The third-order valence-corrected chi connectivity index (χ3v) is 4.39. The molecule has 1 heterocycles. The maximum absolute atomic E-state index is 13.3. The SMILES string of the molecule is CC(C)(C)OC(=O)c1ccccc1[N+]1(CC(=O)O)C(=O)c2ccccc2C1=O. The molecule has 28 heavy (non-hydrogen) atoms. The fourth-order valence-electron chi connectivity index (χ4n) is 3.32. The van der Waals surface area contributed by atoms with Crippen LogP contribution in [0.1, 0.15) is 51.8 Å². The third-order valence-electron chi connectivity index (χ3n) is 4.39. The van der Waals surface area contributed by atoms with Gasteiger partial charge in [0, 0.05) is 6.07 Å². The van der Waals surface area contributed by atoms with Crippen LogP contribution in [-0.4, -0.2) is 41.0 Å². The molecule has 0 radical (unpaired) electrons. The Balaban J connectivity index is 2.24. The van der Waals surface area contributed by atoms with E-state index in [1.54, 1.807) is 45.0 Å². The minimum absolute atomic E-state index is 0.00894. The van der Waals surface area contributed by atoms with Crippen LogP contribution in [0.15, 0.2) is 48.5 Å². The molecule has 2 aromatic rings. The second kappa shape index (κ2) is 6.69. The molecule has 3 rings (SSSR count). The zero-order valence-corrected chi connectivity index (χ0v) is 15.8. The molecule has 0 saturated heterocycles. The van der Waals surface area contributed by atoms with Crippen molar-refractivity contribution in [1.82, 2.24) is 4.48 Å². The van der Waals surface area contributed by atoms with Crippen molar-refractivity contribution < 1.29 is 29.0 Å². The molecule has 0 bridgehead atoms. The van der Waals surface area contributed by atoms with Crippen LogP contribution in [0, 0.1) is 0 Å². The molecule has 0 aromatic heterocycles. The summed E-state index contributed by atoms with van der Waals surface area (Å²) in [6, 6.07) is 12.1. The lowest BCUT2D eigenvalue weighted by atomic mass is 10.1. The molecule has 0 saturated carbocycles. The molecule has 0 atom stereocenters. The summed E-state index contributed by atoms with van der Waals surface area (Å²) in [5, 5.41) is 9.49. The van der Waals surface area contributed by atoms with E-state index in [4.69, 9.17) is 4.74 Å². The van der Waals surface area contributed by atoms with Gasteiger partial charge in [-0.3, -0.25) is 0 Å². The maximum atomic E-state index is 13.3. The van der Waals surface area contributed by atoms with Crippen molar-refractivity contribution in [2.24, 2.45) is 0 Å². The number of amides is 2. The lowest BCUT2D eigenvalue weighted by Crippen LogP contribution is -2.57. The number of para-hydroxylation sites is 1. The van der Waals surface area contributed by atoms with E-state index in [-0.39, 0.29) is 22.4 Å². The molecule has 0 aliphatic carbocycles. The van der Waals surface area contributed by atoms with E-state index in [0.29, 0.717) is 0 Å². The molecule has 1 N–H and O–H groups in total. The van der Waals surface area contributed by atoms with E-state index < -0.39 is 40.4 Å². The highest BCUT2D eigenvalue weighted by Gasteiger charge is 2.58. The van der Waals surface area contributed by atoms with Gasteiger partial charge in [0.2, 0.25) is 0 Å². The van der Waals surface area contributed by atoms with Gasteiger partial charge in [-0.1, -0.05) is 24.3 Å². The van der Waals surface area contributed by atoms with E-state index in [1.807, 2.05) is 0 Å². The number of carboxylic acid groups (broad SMARTS) is 1. The van der Waals surface area contributed by atoms with Crippen LogP contribution in [0.5, 0.6) is 0 Å². The van der Waals surface area contributed by atoms with Gasteiger partial charge in [-0.05, 0) is 39.0 Å². The second-order valence-electron chi connectivity index (χ2n) is 7.54. The average Bonchev–Trinajstić information content (AvgIpc) is 2.83. The Morgan fingerprint density at radius 3 is 1.93 bits per heavy atom. The zero-order valence-electron chi connectivity index (χ0n) is 15.8. The van der Waals surface area contributed by atoms with Gasteiger partial charge >= 0.3 is 23.8 Å². The lowest BCUT2D eigenvalue weighted by molar-refractivity contribution is -0.137. The van der Waals surface area contributed by atoms with Gasteiger partial charge in [-0.15, -0.1) is 4.48 Å². The quantitative estimate of drug-likeness (QED) is 0.496. The summed E-state index contributed by atoms with van der Waals surface area (Å²) >= 11 is 0. The number of fused-ring (bicyclic) bond motifs is 1. The van der Waals surface area contributed by atoms with Crippen molar-refractivity contribution in [2.45, 2.75) is 26.4 Å². The number of aliphatic carboxylic acids is 1. The summed E-state index contributed by atoms with van der Waals surface area (Å²) in [4.78, 5) is 50.9. The average molecular weight is 382 g/mol. The summed E-state index contributed by atoms with van der Waals surface area (Å²) in [5.41, 5.74) is -0.567. The van der Waals surface area contributed by atoms with Crippen molar-refractivity contribution in [3.05, 3.63) is 65.2 Å². The molecule has 2 aromatic carbocycles. The van der Waals surface area contributed by atoms with Gasteiger partial charge in [0.25, 0.3) is 0 Å². The molecule has 7 nitrogen and oxygen atoms in total. The van der Waals surface area contributed by atoms with Crippen LogP contribution in [0.4, 0.5) is 5.69 Å². The van der Waals surface area contributed by atoms with Gasteiger partial charge in [-0.25, -0.2) is 19.2 Å². The fourth-order valence-corrected chi connectivity index (χ4v) is 3.32. The first-order valence-corrected chi connectivity index (χ1v) is 8.69. The van der Waals surface area contributed by atoms with Crippen LogP contribution < -0.4 is 4.48 Å². The topological polar surface area (TPSA) is 97.7 Å². The molecule has 144 valence electrons. The minimum Gasteiger partial charge on any atom is -0.477 e. The van der Waals surface area contributed by atoms with Crippen LogP contribution in [0.25, 0.3) is 0 Å². The predicted molar refractivity (Wildman–Crippen MR) is 101 cm³/mol. The van der Waals surface area contributed by atoms with E-state index in [2.05, 4.69) is 0 Å². The van der Waals surface area contributed by atoms with Gasteiger partial charge in [0.05, 0.1) is 11.1 Å². The molecule has 2 amide bonds. The van der Waals surface area contributed by atoms with E-state index in [9.17, 15) is 24.3 Å². The second-order valence-corrected chi connectivity index (χ2v) is 7.54. The molecular formula is C21H20NO6+. The Bertz CT molecular complexity index is 967. The number of carbonyl (C=O) groups excluding carboxylic acids is 3. The van der Waals surface area contributed by atoms with Crippen LogP contribution in [-0.2, 0) is 9.53 Å². The number of benzene rings is 2. The summed E-state index contributed by atoms with van der Waals surface area (Å²) in [7, 11) is 0. The summed E-state index contributed by atoms with van der Waals surface area (Å²) < 4.78 is 4.28. The van der Waals surface area contributed by atoms with E-state index in [0.717, 1.165) is 0 Å². The lowest BCUT2D eigenvalue weighted by Gasteiger charge is -2.28. The third kappa shape index (κ3) is 3.10. The minimum atomic E-state index is -1.34. The summed E-state index contributed by atoms with van der Waals surface area (Å²) in [6.07, 6.45) is 0. The normalized spacial score (nSPS) is 15.2. The number of hydrogen-bond acceptors (Lipinski definition) is 5. The van der Waals surface area contributed by atoms with E-state index >= 15 is 0 Å². The molecule has 7 heteroatoms. The van der Waals surface area contributed by atoms with Crippen LogP contribution in [0.3, 0.4) is 0 Å². The van der Waals surface area contributed by atoms with Crippen LogP contribution in [0.2, 0.25) is 0 Å². The Labute approximate surface area is 161 Å². The van der Waals surface area contributed by atoms with Gasteiger partial charge in [0.15, 0.2) is 12.2 Å². The maximum Gasteiger partial charge on any atom is 0.360 e. The molecular weight excluding hydrogens is 362 g/mol. The molecule has 0 spiro atoms. The van der Waals surface area contributed by atoms with Gasteiger partial charge in [0.1, 0.15) is 11.2 Å². The smallest absolute Gasteiger partial charge is 0.360 e. The van der Waals surface area contributed by atoms with Crippen molar-refractivity contribution in [2.75, 3.05) is 6.54 Å². The number of hydrogen-bond donors (Lipinski definition) is 1. The predicted octanol–water partition coefficient (Wildman–Crippen LogP) is 3.03. The Hall–Kier alpha value is -3.32. The number of esters is 1. The highest BCUT2D eigenvalue weighted by molar-refractivity contribution is 6.31. The Morgan fingerprint density at radius 2 is 1.43 bits per heavy atom. The summed E-state index contributed by atoms with van der Waals surface area (Å²) in [5.74, 6) is -3.44. The number of quaternary nitrogens is 1. The highest BCUT2D eigenvalue weighted by atomic mass is 16.6. The van der Waals surface area contributed by atoms with Crippen molar-refractivity contribution in [3.63, 3.8) is 0 Å². The summed E-state index contributed by atoms with van der Waals surface area (Å²) in [6.45, 7) is 4.26. The number of carboxylic acids is 1. The molecule has 1 aliphatic heterocycles.